The second-order valence-corrected chi connectivity index (χ2v) is 7.88. The van der Waals surface area contributed by atoms with E-state index in [0.29, 0.717) is 12.2 Å². The van der Waals surface area contributed by atoms with Crippen molar-refractivity contribution in [1.82, 2.24) is 24.9 Å². The van der Waals surface area contributed by atoms with Crippen LogP contribution in [0, 0.1) is 18.8 Å². The number of likely N-dealkylation sites (tertiary alicyclic amines) is 1. The maximum absolute atomic E-state index is 13.3. The Hall–Kier alpha value is -3.29. The lowest BCUT2D eigenvalue weighted by atomic mass is 9.94. The fraction of sp³-hybridized carbons (Fsp3) is 0.381. The SMILES string of the molecule is Cc1c(C(=O)N2CC3CCCC3C2C(=O)O)nnn1-c1cccc2cccnc12. The van der Waals surface area contributed by atoms with E-state index in [0.717, 1.165) is 35.9 Å². The predicted octanol–water partition coefficient (Wildman–Crippen LogP) is 2.45. The maximum Gasteiger partial charge on any atom is 0.326 e. The standard InChI is InChI=1S/C21H21N5O3/c1-12-17(20(27)25-11-14-6-2-8-15(14)19(25)21(28)29)23-24-26(12)16-9-3-5-13-7-4-10-22-18(13)16/h3-5,7,9-10,14-15,19H,2,6,8,11H2,1H3,(H,28,29). The van der Waals surface area contributed by atoms with Gasteiger partial charge in [-0.25, -0.2) is 9.48 Å². The third-order valence-corrected chi connectivity index (χ3v) is 6.34. The molecule has 1 saturated carbocycles. The Balaban J connectivity index is 1.53. The number of rotatable bonds is 3. The lowest BCUT2D eigenvalue weighted by molar-refractivity contribution is -0.142. The van der Waals surface area contributed by atoms with Crippen molar-refractivity contribution in [2.24, 2.45) is 11.8 Å². The summed E-state index contributed by atoms with van der Waals surface area (Å²) in [4.78, 5) is 31.1. The van der Waals surface area contributed by atoms with Crippen molar-refractivity contribution in [3.05, 3.63) is 47.9 Å². The van der Waals surface area contributed by atoms with E-state index in [1.807, 2.05) is 30.3 Å². The Labute approximate surface area is 167 Å². The molecule has 3 aromatic rings. The molecular weight excluding hydrogens is 370 g/mol. The van der Waals surface area contributed by atoms with E-state index < -0.39 is 12.0 Å². The molecular formula is C21H21N5O3. The van der Waals surface area contributed by atoms with Crippen LogP contribution in [0.15, 0.2) is 36.5 Å². The number of nitrogens with zero attached hydrogens (tertiary/aromatic N) is 5. The number of fused-ring (bicyclic) bond motifs is 2. The molecule has 3 heterocycles. The van der Waals surface area contributed by atoms with Crippen molar-refractivity contribution in [3.63, 3.8) is 0 Å². The number of hydrogen-bond acceptors (Lipinski definition) is 5. The first-order valence-corrected chi connectivity index (χ1v) is 9.86. The number of carboxylic acid groups (broad SMARTS) is 1. The number of hydrogen-bond donors (Lipinski definition) is 1. The molecule has 1 aromatic carbocycles. The molecule has 0 radical (unpaired) electrons. The molecule has 2 aliphatic rings. The maximum atomic E-state index is 13.3. The second-order valence-electron chi connectivity index (χ2n) is 7.88. The molecule has 2 aromatic heterocycles. The van der Waals surface area contributed by atoms with Crippen LogP contribution in [0.1, 0.15) is 35.4 Å². The van der Waals surface area contributed by atoms with Crippen molar-refractivity contribution >= 4 is 22.8 Å². The topological polar surface area (TPSA) is 101 Å². The number of para-hydroxylation sites is 1. The molecule has 1 saturated heterocycles. The number of carboxylic acids is 1. The largest absolute Gasteiger partial charge is 0.480 e. The molecule has 5 rings (SSSR count). The van der Waals surface area contributed by atoms with Crippen molar-refractivity contribution in [1.29, 1.82) is 0 Å². The van der Waals surface area contributed by atoms with E-state index in [1.165, 1.54) is 4.90 Å². The first-order chi connectivity index (χ1) is 14.1. The number of pyridine rings is 1. The van der Waals surface area contributed by atoms with Crippen LogP contribution in [-0.2, 0) is 4.79 Å². The quantitative estimate of drug-likeness (QED) is 0.736. The number of benzene rings is 1. The number of amides is 1. The highest BCUT2D eigenvalue weighted by Crippen LogP contribution is 2.42. The van der Waals surface area contributed by atoms with Gasteiger partial charge >= 0.3 is 5.97 Å². The Kier molecular flexibility index (Phi) is 4.08. The molecule has 0 bridgehead atoms. The third kappa shape index (κ3) is 2.70. The zero-order chi connectivity index (χ0) is 20.1. The molecule has 0 spiro atoms. The van der Waals surface area contributed by atoms with Gasteiger partial charge in [-0.05, 0) is 43.7 Å². The highest BCUT2D eigenvalue weighted by molar-refractivity contribution is 5.96. The van der Waals surface area contributed by atoms with Crippen LogP contribution in [0.3, 0.4) is 0 Å². The van der Waals surface area contributed by atoms with Crippen molar-refractivity contribution in [2.75, 3.05) is 6.54 Å². The van der Waals surface area contributed by atoms with Crippen LogP contribution < -0.4 is 0 Å². The van der Waals surface area contributed by atoms with E-state index in [1.54, 1.807) is 17.8 Å². The van der Waals surface area contributed by atoms with Crippen LogP contribution in [0.25, 0.3) is 16.6 Å². The summed E-state index contributed by atoms with van der Waals surface area (Å²) in [5, 5.41) is 19.1. The van der Waals surface area contributed by atoms with Gasteiger partial charge in [-0.15, -0.1) is 5.10 Å². The predicted molar refractivity (Wildman–Crippen MR) is 105 cm³/mol. The Morgan fingerprint density at radius 2 is 2.00 bits per heavy atom. The Bertz CT molecular complexity index is 1120. The Morgan fingerprint density at radius 3 is 2.83 bits per heavy atom. The van der Waals surface area contributed by atoms with Gasteiger partial charge in [0.25, 0.3) is 5.91 Å². The zero-order valence-electron chi connectivity index (χ0n) is 16.0. The van der Waals surface area contributed by atoms with E-state index in [9.17, 15) is 14.7 Å². The summed E-state index contributed by atoms with van der Waals surface area (Å²) < 4.78 is 1.61. The number of carbonyl (C=O) groups is 2. The van der Waals surface area contributed by atoms with Gasteiger partial charge in [-0.2, -0.15) is 0 Å². The molecule has 1 N–H and O–H groups in total. The van der Waals surface area contributed by atoms with Crippen molar-refractivity contribution in [3.8, 4) is 5.69 Å². The third-order valence-electron chi connectivity index (χ3n) is 6.34. The number of aromatic nitrogens is 4. The summed E-state index contributed by atoms with van der Waals surface area (Å²) in [5.41, 5.74) is 2.28. The lowest BCUT2D eigenvalue weighted by Gasteiger charge is -2.23. The minimum atomic E-state index is -0.934. The molecule has 1 aliphatic carbocycles. The summed E-state index contributed by atoms with van der Waals surface area (Å²) in [6, 6.07) is 8.80. The van der Waals surface area contributed by atoms with Gasteiger partial charge in [0.2, 0.25) is 0 Å². The van der Waals surface area contributed by atoms with Crippen molar-refractivity contribution in [2.45, 2.75) is 32.2 Å². The molecule has 1 amide bonds. The van der Waals surface area contributed by atoms with Gasteiger partial charge in [0, 0.05) is 18.1 Å². The van der Waals surface area contributed by atoms with Gasteiger partial charge in [0.1, 0.15) is 6.04 Å². The number of aliphatic carboxylic acids is 1. The average Bonchev–Trinajstić information content (AvgIpc) is 3.41. The van der Waals surface area contributed by atoms with E-state index in [4.69, 9.17) is 0 Å². The molecule has 29 heavy (non-hydrogen) atoms. The van der Waals surface area contributed by atoms with Gasteiger partial charge < -0.3 is 10.0 Å². The highest BCUT2D eigenvalue weighted by Gasteiger charge is 2.50. The van der Waals surface area contributed by atoms with Crippen LogP contribution in [-0.4, -0.2) is 54.4 Å². The lowest BCUT2D eigenvalue weighted by Crippen LogP contribution is -2.43. The summed E-state index contributed by atoms with van der Waals surface area (Å²) in [5.74, 6) is -0.994. The second kappa shape index (κ2) is 6.65. The smallest absolute Gasteiger partial charge is 0.326 e. The summed E-state index contributed by atoms with van der Waals surface area (Å²) in [7, 11) is 0. The van der Waals surface area contributed by atoms with Gasteiger partial charge in [-0.1, -0.05) is 29.8 Å². The van der Waals surface area contributed by atoms with Gasteiger partial charge in [-0.3, -0.25) is 9.78 Å². The fourth-order valence-electron chi connectivity index (χ4n) is 4.98. The van der Waals surface area contributed by atoms with Gasteiger partial charge in [0.15, 0.2) is 5.69 Å². The van der Waals surface area contributed by atoms with E-state index in [2.05, 4.69) is 15.3 Å². The number of carbonyl (C=O) groups excluding carboxylic acids is 1. The molecule has 3 atom stereocenters. The first-order valence-electron chi connectivity index (χ1n) is 9.86. The van der Waals surface area contributed by atoms with E-state index in [-0.39, 0.29) is 23.4 Å². The normalized spacial score (nSPS) is 23.5. The molecule has 1 aliphatic heterocycles. The summed E-state index contributed by atoms with van der Waals surface area (Å²) in [6.45, 7) is 2.25. The summed E-state index contributed by atoms with van der Waals surface area (Å²) >= 11 is 0. The van der Waals surface area contributed by atoms with Crippen LogP contribution in [0.4, 0.5) is 0 Å². The minimum absolute atomic E-state index is 0.0362. The molecule has 148 valence electrons. The van der Waals surface area contributed by atoms with E-state index >= 15 is 0 Å². The van der Waals surface area contributed by atoms with Crippen LogP contribution in [0.2, 0.25) is 0 Å². The Morgan fingerprint density at radius 1 is 1.17 bits per heavy atom. The molecule has 8 heteroatoms. The molecule has 2 fully saturated rings. The van der Waals surface area contributed by atoms with Crippen LogP contribution >= 0.6 is 0 Å². The first kappa shape index (κ1) is 17.8. The zero-order valence-corrected chi connectivity index (χ0v) is 16.0. The van der Waals surface area contributed by atoms with Gasteiger partial charge in [0.05, 0.1) is 16.9 Å². The van der Waals surface area contributed by atoms with Crippen LogP contribution in [0.5, 0.6) is 0 Å². The van der Waals surface area contributed by atoms with Crippen molar-refractivity contribution < 1.29 is 14.7 Å². The molecule has 8 nitrogen and oxygen atoms in total. The molecule has 3 unspecified atom stereocenters. The fourth-order valence-corrected chi connectivity index (χ4v) is 4.98. The minimum Gasteiger partial charge on any atom is -0.480 e. The monoisotopic (exact) mass is 391 g/mol. The summed E-state index contributed by atoms with van der Waals surface area (Å²) in [6.07, 6.45) is 4.58. The average molecular weight is 391 g/mol. The highest BCUT2D eigenvalue weighted by atomic mass is 16.4.